The summed E-state index contributed by atoms with van der Waals surface area (Å²) in [6.45, 7) is 3.26. The number of carbonyl (C=O) groups is 1. The molecule has 0 aliphatic carbocycles. The lowest BCUT2D eigenvalue weighted by Gasteiger charge is -2.38. The van der Waals surface area contributed by atoms with E-state index in [1.54, 1.807) is 34.9 Å². The Morgan fingerprint density at radius 2 is 2.08 bits per heavy atom. The van der Waals surface area contributed by atoms with Gasteiger partial charge in [0.05, 0.1) is 31.5 Å². The van der Waals surface area contributed by atoms with Gasteiger partial charge in [-0.2, -0.15) is 0 Å². The fourth-order valence-electron chi connectivity index (χ4n) is 5.28. The van der Waals surface area contributed by atoms with Crippen molar-refractivity contribution in [3.05, 3.63) is 70.2 Å². The molecule has 2 atom stereocenters. The van der Waals surface area contributed by atoms with Crippen LogP contribution in [0.15, 0.2) is 51.9 Å². The number of fused-ring (bicyclic) bond motifs is 1. The topological polar surface area (TPSA) is 132 Å². The number of nitrogens with zero attached hydrogens (tertiary/aromatic N) is 6. The van der Waals surface area contributed by atoms with Crippen molar-refractivity contribution in [2.45, 2.75) is 31.5 Å². The number of aromatic nitrogens is 5. The maximum absolute atomic E-state index is 13.5. The lowest BCUT2D eigenvalue weighted by atomic mass is 10.0. The number of hydrogen-bond acceptors (Lipinski definition) is 9. The number of nitrogens with one attached hydrogen (secondary N) is 1. The standard InChI is InChI=1S/C26H29N7O5/c1-36-18-7-6-17-14-20(25(34)27-21(17)15-18)23(24-28-29-30-33(24)16-19-4-2-12-37-19)31-8-10-32(11-9-31)26(35)22-5-3-13-38-22/h3,5-7,13-15,19,23H,2,4,8-12,16H2,1H3,(H,27,34). The van der Waals surface area contributed by atoms with Gasteiger partial charge >= 0.3 is 0 Å². The van der Waals surface area contributed by atoms with Crippen molar-refractivity contribution in [3.63, 3.8) is 0 Å². The number of carbonyl (C=O) groups excluding carboxylic acids is 1. The molecule has 0 saturated carbocycles. The predicted molar refractivity (Wildman–Crippen MR) is 136 cm³/mol. The number of hydrogen-bond donors (Lipinski definition) is 1. The molecule has 5 heterocycles. The first-order chi connectivity index (χ1) is 18.6. The number of pyridine rings is 1. The molecular weight excluding hydrogens is 490 g/mol. The quantitative estimate of drug-likeness (QED) is 0.388. The second-order valence-electron chi connectivity index (χ2n) is 9.57. The van der Waals surface area contributed by atoms with Gasteiger partial charge in [0.2, 0.25) is 0 Å². The monoisotopic (exact) mass is 519 g/mol. The molecule has 2 unspecified atom stereocenters. The summed E-state index contributed by atoms with van der Waals surface area (Å²) in [5.74, 6) is 1.41. The van der Waals surface area contributed by atoms with E-state index in [-0.39, 0.29) is 17.6 Å². The highest BCUT2D eigenvalue weighted by Gasteiger charge is 2.34. The molecule has 12 heteroatoms. The van der Waals surface area contributed by atoms with Crippen molar-refractivity contribution >= 4 is 16.8 Å². The van der Waals surface area contributed by atoms with Gasteiger partial charge in [0.15, 0.2) is 11.6 Å². The first-order valence-electron chi connectivity index (χ1n) is 12.8. The summed E-state index contributed by atoms with van der Waals surface area (Å²) in [4.78, 5) is 33.3. The molecule has 0 radical (unpaired) electrons. The van der Waals surface area contributed by atoms with Crippen LogP contribution < -0.4 is 10.3 Å². The van der Waals surface area contributed by atoms with Crippen molar-refractivity contribution in [2.24, 2.45) is 0 Å². The van der Waals surface area contributed by atoms with Gasteiger partial charge in [-0.3, -0.25) is 14.5 Å². The van der Waals surface area contributed by atoms with E-state index in [1.807, 2.05) is 18.2 Å². The molecule has 1 aromatic carbocycles. The minimum absolute atomic E-state index is 0.0306. The number of benzene rings is 1. The van der Waals surface area contributed by atoms with Gasteiger partial charge in [0.1, 0.15) is 11.8 Å². The highest BCUT2D eigenvalue weighted by molar-refractivity contribution is 5.91. The Morgan fingerprint density at radius 1 is 1.21 bits per heavy atom. The Hall–Kier alpha value is -4.03. The number of ether oxygens (including phenoxy) is 2. The van der Waals surface area contributed by atoms with Crippen LogP contribution in [-0.4, -0.2) is 86.9 Å². The molecule has 1 amide bonds. The molecule has 2 aliphatic rings. The van der Waals surface area contributed by atoms with Gasteiger partial charge < -0.3 is 23.8 Å². The van der Waals surface area contributed by atoms with E-state index in [9.17, 15) is 9.59 Å². The summed E-state index contributed by atoms with van der Waals surface area (Å²) in [7, 11) is 1.59. The first kappa shape index (κ1) is 24.3. The van der Waals surface area contributed by atoms with Crippen LogP contribution in [-0.2, 0) is 11.3 Å². The minimum atomic E-state index is -0.512. The Kier molecular flexibility index (Phi) is 6.64. The smallest absolute Gasteiger partial charge is 0.289 e. The van der Waals surface area contributed by atoms with Gasteiger partial charge in [0, 0.05) is 44.4 Å². The second kappa shape index (κ2) is 10.4. The van der Waals surface area contributed by atoms with Crippen LogP contribution in [0.2, 0.25) is 0 Å². The van der Waals surface area contributed by atoms with Crippen molar-refractivity contribution < 1.29 is 18.7 Å². The fourth-order valence-corrected chi connectivity index (χ4v) is 5.28. The Labute approximate surface area is 218 Å². The third-order valence-corrected chi connectivity index (χ3v) is 7.28. The summed E-state index contributed by atoms with van der Waals surface area (Å²) < 4.78 is 18.2. The van der Waals surface area contributed by atoms with Gasteiger partial charge in [-0.05, 0) is 59.0 Å². The number of furan rings is 1. The van der Waals surface area contributed by atoms with E-state index in [4.69, 9.17) is 13.9 Å². The summed E-state index contributed by atoms with van der Waals surface area (Å²) in [5.41, 5.74) is 0.998. The number of tetrazole rings is 1. The summed E-state index contributed by atoms with van der Waals surface area (Å²) in [5, 5.41) is 13.5. The molecular formula is C26H29N7O5. The average Bonchev–Trinajstić information content (AvgIpc) is 3.73. The lowest BCUT2D eigenvalue weighted by molar-refractivity contribution is 0.0550. The summed E-state index contributed by atoms with van der Waals surface area (Å²) >= 11 is 0. The van der Waals surface area contributed by atoms with Gasteiger partial charge in [-0.25, -0.2) is 4.68 Å². The highest BCUT2D eigenvalue weighted by Crippen LogP contribution is 2.29. The van der Waals surface area contributed by atoms with Gasteiger partial charge in [-0.1, -0.05) is 0 Å². The van der Waals surface area contributed by atoms with Crippen LogP contribution in [0.3, 0.4) is 0 Å². The van der Waals surface area contributed by atoms with Crippen molar-refractivity contribution in [3.8, 4) is 5.75 Å². The molecule has 12 nitrogen and oxygen atoms in total. The largest absolute Gasteiger partial charge is 0.497 e. The molecule has 2 fully saturated rings. The molecule has 0 spiro atoms. The molecule has 0 bridgehead atoms. The van der Waals surface area contributed by atoms with Crippen molar-refractivity contribution in [1.29, 1.82) is 0 Å². The summed E-state index contributed by atoms with van der Waals surface area (Å²) in [6.07, 6.45) is 3.47. The maximum atomic E-state index is 13.5. The third-order valence-electron chi connectivity index (χ3n) is 7.28. The number of rotatable bonds is 7. The molecule has 198 valence electrons. The number of piperazine rings is 1. The average molecular weight is 520 g/mol. The lowest BCUT2D eigenvalue weighted by Crippen LogP contribution is -2.50. The van der Waals surface area contributed by atoms with Crippen molar-refractivity contribution in [2.75, 3.05) is 39.9 Å². The fraction of sp³-hybridized carbons (Fsp3) is 0.423. The Morgan fingerprint density at radius 3 is 2.82 bits per heavy atom. The number of aromatic amines is 1. The van der Waals surface area contributed by atoms with E-state index in [0.29, 0.717) is 61.1 Å². The van der Waals surface area contributed by atoms with E-state index in [0.717, 1.165) is 24.8 Å². The number of amides is 1. The molecule has 2 aliphatic heterocycles. The Bertz CT molecular complexity index is 1470. The maximum Gasteiger partial charge on any atom is 0.289 e. The normalized spacial score (nSPS) is 19.2. The van der Waals surface area contributed by atoms with Crippen LogP contribution in [0, 0.1) is 0 Å². The zero-order chi connectivity index (χ0) is 26.1. The SMILES string of the molecule is COc1ccc2cc(C(c3nnnn3CC3CCCO3)N3CCN(C(=O)c4ccco4)CC3)c(=O)[nH]c2c1. The molecule has 3 aromatic heterocycles. The predicted octanol–water partition coefficient (Wildman–Crippen LogP) is 1.84. The molecule has 6 rings (SSSR count). The van der Waals surface area contributed by atoms with Crippen LogP contribution in [0.4, 0.5) is 0 Å². The zero-order valence-corrected chi connectivity index (χ0v) is 21.1. The van der Waals surface area contributed by atoms with E-state index >= 15 is 0 Å². The molecule has 4 aromatic rings. The van der Waals surface area contributed by atoms with E-state index < -0.39 is 6.04 Å². The van der Waals surface area contributed by atoms with Gasteiger partial charge in [0.25, 0.3) is 11.5 Å². The van der Waals surface area contributed by atoms with E-state index in [1.165, 1.54) is 6.26 Å². The van der Waals surface area contributed by atoms with Crippen LogP contribution in [0.25, 0.3) is 10.9 Å². The van der Waals surface area contributed by atoms with Crippen molar-refractivity contribution in [1.82, 2.24) is 35.0 Å². The van der Waals surface area contributed by atoms with Crippen LogP contribution in [0.1, 0.15) is 40.8 Å². The Balaban J connectivity index is 1.35. The second-order valence-corrected chi connectivity index (χ2v) is 9.57. The first-order valence-corrected chi connectivity index (χ1v) is 12.8. The highest BCUT2D eigenvalue weighted by atomic mass is 16.5. The van der Waals surface area contributed by atoms with Crippen LogP contribution in [0.5, 0.6) is 5.75 Å². The number of H-pyrrole nitrogens is 1. The van der Waals surface area contributed by atoms with E-state index in [2.05, 4.69) is 25.4 Å². The minimum Gasteiger partial charge on any atom is -0.497 e. The molecule has 2 saturated heterocycles. The third kappa shape index (κ3) is 4.68. The molecule has 1 N–H and O–H groups in total. The number of methoxy groups -OCH3 is 1. The zero-order valence-electron chi connectivity index (χ0n) is 21.1. The molecule has 38 heavy (non-hydrogen) atoms. The summed E-state index contributed by atoms with van der Waals surface area (Å²) in [6, 6.07) is 10.3. The van der Waals surface area contributed by atoms with Crippen LogP contribution >= 0.6 is 0 Å². The van der Waals surface area contributed by atoms with Gasteiger partial charge in [-0.15, -0.1) is 5.10 Å².